The third kappa shape index (κ3) is 9.09. The van der Waals surface area contributed by atoms with Crippen LogP contribution in [-0.2, 0) is 6.54 Å². The quantitative estimate of drug-likeness (QED) is 0.141. The highest BCUT2D eigenvalue weighted by atomic mass is 19.1. The Labute approximate surface area is 303 Å². The Morgan fingerprint density at radius 3 is 2.35 bits per heavy atom. The summed E-state index contributed by atoms with van der Waals surface area (Å²) >= 11 is 0. The van der Waals surface area contributed by atoms with Crippen molar-refractivity contribution in [2.75, 3.05) is 49.5 Å². The van der Waals surface area contributed by atoms with Crippen LogP contribution in [-0.4, -0.2) is 81.4 Å². The lowest BCUT2D eigenvalue weighted by Crippen LogP contribution is -2.49. The molecule has 0 unspecified atom stereocenters. The molecule has 5 aromatic rings. The second-order valence-electron chi connectivity index (χ2n) is 13.3. The molecule has 1 saturated heterocycles. The maximum absolute atomic E-state index is 15.1. The van der Waals surface area contributed by atoms with E-state index in [1.54, 1.807) is 25.1 Å². The van der Waals surface area contributed by atoms with Gasteiger partial charge in [0.1, 0.15) is 18.2 Å². The van der Waals surface area contributed by atoms with Gasteiger partial charge in [-0.15, -0.1) is 0 Å². The maximum Gasteiger partial charge on any atom is 0.421 e. The fraction of sp³-hybridized carbons (Fsp3) is 0.359. The van der Waals surface area contributed by atoms with Crippen LogP contribution in [0.4, 0.5) is 26.6 Å². The van der Waals surface area contributed by atoms with Crippen molar-refractivity contribution in [2.24, 2.45) is 0 Å². The van der Waals surface area contributed by atoms with Gasteiger partial charge >= 0.3 is 6.09 Å². The lowest BCUT2D eigenvalue weighted by Gasteiger charge is -2.36. The highest BCUT2D eigenvalue weighted by Gasteiger charge is 2.23. The molecule has 3 heterocycles. The first-order valence-corrected chi connectivity index (χ1v) is 17.5. The Morgan fingerprint density at radius 2 is 1.69 bits per heavy atom. The first-order chi connectivity index (χ1) is 25.0. The third-order valence-corrected chi connectivity index (χ3v) is 9.00. The number of hydrogen-bond donors (Lipinski definition) is 1. The van der Waals surface area contributed by atoms with Gasteiger partial charge in [-0.3, -0.25) is 14.7 Å². The van der Waals surface area contributed by atoms with Crippen LogP contribution in [0, 0.1) is 33.5 Å². The van der Waals surface area contributed by atoms with E-state index in [1.165, 1.54) is 17.2 Å². The summed E-state index contributed by atoms with van der Waals surface area (Å²) in [4.78, 5) is 33.4. The molecule has 272 valence electrons. The number of halogens is 1. The summed E-state index contributed by atoms with van der Waals surface area (Å²) in [5, 5.41) is 7.05. The van der Waals surface area contributed by atoms with Crippen molar-refractivity contribution in [3.8, 4) is 22.9 Å². The fourth-order valence-corrected chi connectivity index (χ4v) is 6.24. The van der Waals surface area contributed by atoms with Crippen LogP contribution < -0.4 is 19.7 Å². The average Bonchev–Trinajstić information content (AvgIpc) is 3.56. The van der Waals surface area contributed by atoms with Crippen LogP contribution in [0.1, 0.15) is 42.0 Å². The molecular formula is C39H45FN8O4. The van der Waals surface area contributed by atoms with E-state index >= 15 is 4.39 Å². The zero-order valence-corrected chi connectivity index (χ0v) is 30.5. The van der Waals surface area contributed by atoms with Gasteiger partial charge in [0.25, 0.3) is 0 Å². The van der Waals surface area contributed by atoms with Crippen LogP contribution in [0.15, 0.2) is 71.4 Å². The Kier molecular flexibility index (Phi) is 11.4. The number of carbonyl (C=O) groups excluding carboxylic acids is 1. The number of amides is 1. The van der Waals surface area contributed by atoms with E-state index < -0.39 is 11.9 Å². The number of ether oxygens (including phenoxy) is 2. The smallest absolute Gasteiger partial charge is 0.421 e. The van der Waals surface area contributed by atoms with E-state index in [1.807, 2.05) is 57.2 Å². The molecule has 12 nitrogen and oxygen atoms in total. The number of anilines is 3. The van der Waals surface area contributed by atoms with Crippen molar-refractivity contribution in [1.29, 1.82) is 0 Å². The molecule has 0 spiro atoms. The lowest BCUT2D eigenvalue weighted by atomic mass is 10.1. The first-order valence-electron chi connectivity index (χ1n) is 17.5. The number of aryl methyl sites for hydroxylation is 4. The number of benzene rings is 3. The van der Waals surface area contributed by atoms with Crippen molar-refractivity contribution in [1.82, 2.24) is 29.9 Å². The number of rotatable bonds is 12. The summed E-state index contributed by atoms with van der Waals surface area (Å²) in [6.07, 6.45) is 0.913. The summed E-state index contributed by atoms with van der Waals surface area (Å²) in [5.41, 5.74) is 4.77. The monoisotopic (exact) mass is 708 g/mol. The van der Waals surface area contributed by atoms with Crippen LogP contribution in [0.25, 0.3) is 11.4 Å². The summed E-state index contributed by atoms with van der Waals surface area (Å²) < 4.78 is 32.0. The minimum Gasteiger partial charge on any atom is -0.489 e. The van der Waals surface area contributed by atoms with Crippen LogP contribution in [0.2, 0.25) is 0 Å². The van der Waals surface area contributed by atoms with Gasteiger partial charge in [0.05, 0.1) is 6.54 Å². The molecule has 1 aliphatic rings. The van der Waals surface area contributed by atoms with E-state index in [4.69, 9.17) is 14.0 Å². The Balaban J connectivity index is 1.16. The van der Waals surface area contributed by atoms with Crippen molar-refractivity contribution in [3.63, 3.8) is 0 Å². The number of piperazine rings is 1. The molecule has 3 aromatic carbocycles. The van der Waals surface area contributed by atoms with Gasteiger partial charge in [-0.1, -0.05) is 47.1 Å². The van der Waals surface area contributed by atoms with Crippen molar-refractivity contribution >= 4 is 23.5 Å². The SMILES string of the molecule is Cc1cc(C)c(OC(=O)N(Cc2ccc(-c3noc(C)n3)cc2)c2ccnc(Nc3ccc(OCCN4CCN(C(C)C)CC4)c(F)c3)n2)c(C)c1. The summed E-state index contributed by atoms with van der Waals surface area (Å²) in [6, 6.07) is 18.2. The Hall–Kier alpha value is -5.40. The summed E-state index contributed by atoms with van der Waals surface area (Å²) in [5.74, 6) is 1.58. The second-order valence-corrected chi connectivity index (χ2v) is 13.3. The Bertz CT molecular complexity index is 1970. The second kappa shape index (κ2) is 16.3. The van der Waals surface area contributed by atoms with Crippen LogP contribution in [0.5, 0.6) is 11.5 Å². The largest absolute Gasteiger partial charge is 0.489 e. The van der Waals surface area contributed by atoms with Crippen molar-refractivity contribution in [3.05, 3.63) is 101 Å². The molecular weight excluding hydrogens is 663 g/mol. The summed E-state index contributed by atoms with van der Waals surface area (Å²) in [6.45, 7) is 17.2. The van der Waals surface area contributed by atoms with Crippen LogP contribution >= 0.6 is 0 Å². The van der Waals surface area contributed by atoms with Gasteiger partial charge in [-0.25, -0.2) is 14.2 Å². The molecule has 6 rings (SSSR count). The van der Waals surface area contributed by atoms with Gasteiger partial charge in [0.15, 0.2) is 11.6 Å². The van der Waals surface area contributed by atoms with E-state index in [0.29, 0.717) is 35.8 Å². The maximum atomic E-state index is 15.1. The van der Waals surface area contributed by atoms with Crippen molar-refractivity contribution < 1.29 is 23.2 Å². The highest BCUT2D eigenvalue weighted by molar-refractivity contribution is 5.88. The van der Waals surface area contributed by atoms with E-state index in [2.05, 4.69) is 49.1 Å². The molecule has 2 aromatic heterocycles. The predicted octanol–water partition coefficient (Wildman–Crippen LogP) is 7.25. The molecule has 0 radical (unpaired) electrons. The zero-order valence-electron chi connectivity index (χ0n) is 30.5. The molecule has 0 aliphatic carbocycles. The summed E-state index contributed by atoms with van der Waals surface area (Å²) in [7, 11) is 0. The third-order valence-electron chi connectivity index (χ3n) is 9.00. The molecule has 1 amide bonds. The first kappa shape index (κ1) is 36.4. The molecule has 1 fully saturated rings. The van der Waals surface area contributed by atoms with Gasteiger partial charge in [-0.05, 0) is 69.5 Å². The molecule has 1 N–H and O–H groups in total. The van der Waals surface area contributed by atoms with E-state index in [-0.39, 0.29) is 24.1 Å². The molecule has 0 saturated carbocycles. The highest BCUT2D eigenvalue weighted by Crippen LogP contribution is 2.28. The number of nitrogens with zero attached hydrogens (tertiary/aromatic N) is 7. The fourth-order valence-electron chi connectivity index (χ4n) is 6.24. The zero-order chi connectivity index (χ0) is 36.8. The normalized spacial score (nSPS) is 13.7. The van der Waals surface area contributed by atoms with E-state index in [9.17, 15) is 4.79 Å². The number of carbonyl (C=O) groups is 1. The van der Waals surface area contributed by atoms with Gasteiger partial charge in [0, 0.05) is 69.2 Å². The lowest BCUT2D eigenvalue weighted by molar-refractivity contribution is 0.0965. The molecule has 1 aliphatic heterocycles. The molecule has 52 heavy (non-hydrogen) atoms. The molecule has 0 bridgehead atoms. The van der Waals surface area contributed by atoms with Gasteiger partial charge < -0.3 is 19.3 Å². The number of nitrogens with one attached hydrogen (secondary N) is 1. The van der Waals surface area contributed by atoms with Gasteiger partial charge in [-0.2, -0.15) is 9.97 Å². The van der Waals surface area contributed by atoms with Crippen molar-refractivity contribution in [2.45, 2.75) is 54.1 Å². The average molecular weight is 709 g/mol. The molecule has 0 atom stereocenters. The Morgan fingerprint density at radius 1 is 0.962 bits per heavy atom. The van der Waals surface area contributed by atoms with Gasteiger partial charge in [0.2, 0.25) is 17.7 Å². The standard InChI is InChI=1S/C39H45FN8O4/c1-25(2)47-17-15-46(16-18-47)19-20-50-34-12-11-32(23-33(34)40)43-38-41-14-13-35(44-38)48(39(49)51-36-27(4)21-26(3)22-28(36)5)24-30-7-9-31(10-8-30)37-42-29(6)52-45-37/h7-14,21-23,25H,15-20,24H2,1-6H3,(H,41,43,44). The minimum atomic E-state index is -0.619. The van der Waals surface area contributed by atoms with E-state index in [0.717, 1.165) is 60.5 Å². The minimum absolute atomic E-state index is 0.138. The van der Waals surface area contributed by atoms with Crippen LogP contribution in [0.3, 0.4) is 0 Å². The topological polar surface area (TPSA) is 122 Å². The molecule has 13 heteroatoms. The number of aromatic nitrogens is 4. The predicted molar refractivity (Wildman–Crippen MR) is 198 cm³/mol. The number of hydrogen-bond acceptors (Lipinski definition) is 11.